The zero-order valence-electron chi connectivity index (χ0n) is 11.4. The van der Waals surface area contributed by atoms with Gasteiger partial charge in [0.05, 0.1) is 72.7 Å². The van der Waals surface area contributed by atoms with Crippen molar-refractivity contribution in [2.45, 2.75) is 0 Å². The van der Waals surface area contributed by atoms with E-state index in [1.54, 1.807) is 0 Å². The van der Waals surface area contributed by atoms with Crippen LogP contribution in [0.1, 0.15) is 0 Å². The molecule has 0 aliphatic carbocycles. The maximum absolute atomic E-state index is 8.46. The fourth-order valence-corrected chi connectivity index (χ4v) is 1.33. The van der Waals surface area contributed by atoms with E-state index in [0.29, 0.717) is 66.1 Å². The first-order chi connectivity index (χ1) is 9.41. The number of halogens is 1. The maximum Gasteiger partial charge on any atom is 0.0701 e. The Bertz CT molecular complexity index is 145. The van der Waals surface area contributed by atoms with Crippen LogP contribution < -0.4 is 0 Å². The monoisotopic (exact) mass is 344 g/mol. The number of alkyl halides is 1. The van der Waals surface area contributed by atoms with Gasteiger partial charge in [0, 0.05) is 5.33 Å². The molecule has 0 amide bonds. The first-order valence-corrected chi connectivity index (χ1v) is 7.59. The van der Waals surface area contributed by atoms with Crippen LogP contribution in [-0.4, -0.2) is 83.1 Å². The molecular formula is C12H25BrO6. The van der Waals surface area contributed by atoms with E-state index in [0.717, 1.165) is 5.33 Å². The predicted octanol–water partition coefficient (Wildman–Crippen LogP) is 0.457. The van der Waals surface area contributed by atoms with Gasteiger partial charge in [0.15, 0.2) is 0 Å². The van der Waals surface area contributed by atoms with Crippen LogP contribution in [0.15, 0.2) is 0 Å². The third-order valence-corrected chi connectivity index (χ3v) is 2.27. The van der Waals surface area contributed by atoms with Crippen molar-refractivity contribution in [3.05, 3.63) is 0 Å². The second-order valence-electron chi connectivity index (χ2n) is 3.47. The van der Waals surface area contributed by atoms with Crippen LogP contribution in [0.3, 0.4) is 0 Å². The smallest absolute Gasteiger partial charge is 0.0701 e. The number of hydrogen-bond donors (Lipinski definition) is 1. The quantitative estimate of drug-likeness (QED) is 0.324. The summed E-state index contributed by atoms with van der Waals surface area (Å²) in [6, 6.07) is 0. The van der Waals surface area contributed by atoms with Crippen molar-refractivity contribution in [2.24, 2.45) is 0 Å². The number of ether oxygens (including phenoxy) is 5. The van der Waals surface area contributed by atoms with Crippen molar-refractivity contribution in [1.82, 2.24) is 0 Å². The zero-order chi connectivity index (χ0) is 14.0. The molecule has 0 spiro atoms. The number of hydrogen-bond acceptors (Lipinski definition) is 6. The topological polar surface area (TPSA) is 66.4 Å². The maximum atomic E-state index is 8.46. The molecule has 0 aromatic carbocycles. The van der Waals surface area contributed by atoms with E-state index in [4.69, 9.17) is 28.8 Å². The molecule has 0 rings (SSSR count). The summed E-state index contributed by atoms with van der Waals surface area (Å²) in [7, 11) is 0. The number of aliphatic hydroxyl groups excluding tert-OH is 1. The molecular weight excluding hydrogens is 320 g/mol. The van der Waals surface area contributed by atoms with Crippen LogP contribution in [0.25, 0.3) is 0 Å². The second-order valence-corrected chi connectivity index (χ2v) is 4.27. The van der Waals surface area contributed by atoms with Crippen LogP contribution in [0.4, 0.5) is 0 Å². The third kappa shape index (κ3) is 18.2. The van der Waals surface area contributed by atoms with Crippen molar-refractivity contribution in [3.8, 4) is 0 Å². The molecule has 19 heavy (non-hydrogen) atoms. The van der Waals surface area contributed by atoms with Gasteiger partial charge in [-0.05, 0) is 0 Å². The highest BCUT2D eigenvalue weighted by Gasteiger charge is 1.92. The standard InChI is InChI=1S/C12H25BrO6/c13-1-3-15-5-7-17-9-11-19-12-10-18-8-6-16-4-2-14/h14H,1-12H2. The molecule has 0 unspecified atom stereocenters. The Kier molecular flexibility index (Phi) is 18.5. The molecule has 0 saturated heterocycles. The lowest BCUT2D eigenvalue weighted by Gasteiger charge is -2.07. The number of aliphatic hydroxyl groups is 1. The Hall–Kier alpha value is 0.240. The van der Waals surface area contributed by atoms with Gasteiger partial charge in [-0.2, -0.15) is 0 Å². The van der Waals surface area contributed by atoms with Crippen molar-refractivity contribution in [3.63, 3.8) is 0 Å². The highest BCUT2D eigenvalue weighted by atomic mass is 79.9. The summed E-state index contributed by atoms with van der Waals surface area (Å²) < 4.78 is 26.1. The summed E-state index contributed by atoms with van der Waals surface area (Å²) >= 11 is 3.27. The van der Waals surface area contributed by atoms with Crippen LogP contribution in [0, 0.1) is 0 Å². The van der Waals surface area contributed by atoms with E-state index < -0.39 is 0 Å². The van der Waals surface area contributed by atoms with Gasteiger partial charge in [0.1, 0.15) is 0 Å². The van der Waals surface area contributed by atoms with Gasteiger partial charge >= 0.3 is 0 Å². The molecule has 0 aromatic rings. The van der Waals surface area contributed by atoms with E-state index in [1.165, 1.54) is 0 Å². The fourth-order valence-electron chi connectivity index (χ4n) is 1.10. The van der Waals surface area contributed by atoms with Crippen molar-refractivity contribution in [1.29, 1.82) is 0 Å². The minimum atomic E-state index is 0.0459. The lowest BCUT2D eigenvalue weighted by Crippen LogP contribution is -2.13. The van der Waals surface area contributed by atoms with Gasteiger partial charge in [-0.25, -0.2) is 0 Å². The lowest BCUT2D eigenvalue weighted by molar-refractivity contribution is -0.0124. The molecule has 0 heterocycles. The Labute approximate surface area is 123 Å². The molecule has 0 aliphatic heterocycles. The van der Waals surface area contributed by atoms with Gasteiger partial charge in [0.2, 0.25) is 0 Å². The van der Waals surface area contributed by atoms with Gasteiger partial charge in [-0.3, -0.25) is 0 Å². The summed E-state index contributed by atoms with van der Waals surface area (Å²) in [6.45, 7) is 5.54. The van der Waals surface area contributed by atoms with E-state index in [-0.39, 0.29) is 6.61 Å². The molecule has 6 nitrogen and oxygen atoms in total. The van der Waals surface area contributed by atoms with Crippen LogP contribution in [0.2, 0.25) is 0 Å². The largest absolute Gasteiger partial charge is 0.394 e. The van der Waals surface area contributed by atoms with E-state index in [1.807, 2.05) is 0 Å². The highest BCUT2D eigenvalue weighted by Crippen LogP contribution is 1.85. The lowest BCUT2D eigenvalue weighted by atomic mass is 10.7. The summed E-state index contributed by atoms with van der Waals surface area (Å²) in [5.41, 5.74) is 0. The van der Waals surface area contributed by atoms with E-state index in [9.17, 15) is 0 Å². The van der Waals surface area contributed by atoms with Crippen molar-refractivity contribution < 1.29 is 28.8 Å². The van der Waals surface area contributed by atoms with Crippen molar-refractivity contribution in [2.75, 3.05) is 78.0 Å². The predicted molar refractivity (Wildman–Crippen MR) is 75.0 cm³/mol. The highest BCUT2D eigenvalue weighted by molar-refractivity contribution is 9.09. The van der Waals surface area contributed by atoms with Gasteiger partial charge in [-0.1, -0.05) is 15.9 Å². The normalized spacial score (nSPS) is 11.1. The third-order valence-electron chi connectivity index (χ3n) is 1.95. The summed E-state index contributed by atoms with van der Waals surface area (Å²) in [5, 5.41) is 9.31. The molecule has 0 aromatic heterocycles. The summed E-state index contributed by atoms with van der Waals surface area (Å²) in [5.74, 6) is 0. The average molecular weight is 345 g/mol. The SMILES string of the molecule is OCCOCCOCCOCCOCCOCCBr. The molecule has 0 bridgehead atoms. The Morgan fingerprint density at radius 3 is 1.16 bits per heavy atom. The Morgan fingerprint density at radius 2 is 0.842 bits per heavy atom. The minimum Gasteiger partial charge on any atom is -0.394 e. The average Bonchev–Trinajstić information content (AvgIpc) is 2.43. The fraction of sp³-hybridized carbons (Fsp3) is 1.00. The van der Waals surface area contributed by atoms with Crippen LogP contribution in [0.5, 0.6) is 0 Å². The van der Waals surface area contributed by atoms with Gasteiger partial charge < -0.3 is 28.8 Å². The Balaban J connectivity index is 2.88. The van der Waals surface area contributed by atoms with Crippen LogP contribution >= 0.6 is 15.9 Å². The molecule has 7 heteroatoms. The molecule has 116 valence electrons. The minimum absolute atomic E-state index is 0.0459. The first-order valence-electron chi connectivity index (χ1n) is 6.47. The van der Waals surface area contributed by atoms with Crippen molar-refractivity contribution >= 4 is 15.9 Å². The molecule has 0 saturated carbocycles. The molecule has 0 aliphatic rings. The Morgan fingerprint density at radius 1 is 0.526 bits per heavy atom. The first kappa shape index (κ1) is 19.2. The second kappa shape index (κ2) is 18.2. The molecule has 0 atom stereocenters. The number of rotatable bonds is 16. The molecule has 1 N–H and O–H groups in total. The zero-order valence-corrected chi connectivity index (χ0v) is 12.9. The molecule has 0 radical (unpaired) electrons. The van der Waals surface area contributed by atoms with Crippen LogP contribution in [-0.2, 0) is 23.7 Å². The van der Waals surface area contributed by atoms with E-state index >= 15 is 0 Å². The summed E-state index contributed by atoms with van der Waals surface area (Å²) in [4.78, 5) is 0. The van der Waals surface area contributed by atoms with Gasteiger partial charge in [-0.15, -0.1) is 0 Å². The van der Waals surface area contributed by atoms with Gasteiger partial charge in [0.25, 0.3) is 0 Å². The van der Waals surface area contributed by atoms with E-state index in [2.05, 4.69) is 15.9 Å². The summed E-state index contributed by atoms with van der Waals surface area (Å²) in [6.07, 6.45) is 0. The molecule has 0 fully saturated rings.